The molecule has 15 heavy (non-hydrogen) atoms. The van der Waals surface area contributed by atoms with Crippen molar-refractivity contribution in [1.82, 2.24) is 0 Å². The van der Waals surface area contributed by atoms with Crippen LogP contribution in [0.1, 0.15) is 0 Å². The maximum atomic E-state index is 12.2. The van der Waals surface area contributed by atoms with E-state index in [4.69, 9.17) is 0 Å². The summed E-state index contributed by atoms with van der Waals surface area (Å²) < 4.78 is 24.4. The Morgan fingerprint density at radius 1 is 1.33 bits per heavy atom. The van der Waals surface area contributed by atoms with Gasteiger partial charge in [0.15, 0.2) is 0 Å². The van der Waals surface area contributed by atoms with Crippen LogP contribution in [0.4, 0.5) is 14.5 Å². The molecule has 1 rings (SSSR count). The summed E-state index contributed by atoms with van der Waals surface area (Å²) in [6, 6.07) is 7.14. The summed E-state index contributed by atoms with van der Waals surface area (Å²) in [7, 11) is 0. The summed E-state index contributed by atoms with van der Waals surface area (Å²) in [5.41, 5.74) is 0.789. The molecule has 0 saturated carbocycles. The lowest BCUT2D eigenvalue weighted by Gasteiger charge is -2.10. The van der Waals surface area contributed by atoms with Crippen LogP contribution in [-0.2, 0) is 0 Å². The number of halogens is 2. The molecule has 0 atom stereocenters. The van der Waals surface area contributed by atoms with Crippen molar-refractivity contribution in [1.29, 1.82) is 0 Å². The van der Waals surface area contributed by atoms with Gasteiger partial charge in [0.25, 0.3) is 5.76 Å². The summed E-state index contributed by atoms with van der Waals surface area (Å²) in [6.07, 6.45) is 2.02. The van der Waals surface area contributed by atoms with Gasteiger partial charge in [-0.25, -0.2) is 0 Å². The number of thioether (sulfide) groups is 2. The van der Waals surface area contributed by atoms with Gasteiger partial charge in [-0.1, -0.05) is 23.9 Å². The standard InChI is InChI=1S/C10H13F2NS2/c1-14-7-6-13-8-4-2-3-5-9(8)15-10(11)12/h2-5,10,13H,6-7H2,1H3. The molecule has 0 aliphatic carbocycles. The molecular weight excluding hydrogens is 236 g/mol. The lowest BCUT2D eigenvalue weighted by molar-refractivity contribution is 0.252. The van der Waals surface area contributed by atoms with Crippen molar-refractivity contribution in [2.45, 2.75) is 10.7 Å². The first kappa shape index (κ1) is 12.6. The quantitative estimate of drug-likeness (QED) is 0.609. The largest absolute Gasteiger partial charge is 0.383 e. The van der Waals surface area contributed by atoms with Crippen molar-refractivity contribution in [2.24, 2.45) is 0 Å². The minimum Gasteiger partial charge on any atom is -0.383 e. The molecule has 0 heterocycles. The van der Waals surface area contributed by atoms with E-state index in [0.717, 1.165) is 18.0 Å². The fraction of sp³-hybridized carbons (Fsp3) is 0.400. The monoisotopic (exact) mass is 249 g/mol. The molecule has 5 heteroatoms. The van der Waals surface area contributed by atoms with E-state index in [2.05, 4.69) is 5.32 Å². The molecule has 0 bridgehead atoms. The van der Waals surface area contributed by atoms with Crippen LogP contribution in [0, 0.1) is 0 Å². The molecule has 0 aliphatic rings. The van der Waals surface area contributed by atoms with Gasteiger partial charge < -0.3 is 5.32 Å². The maximum Gasteiger partial charge on any atom is 0.288 e. The van der Waals surface area contributed by atoms with E-state index in [0.29, 0.717) is 16.7 Å². The normalized spacial score (nSPS) is 10.7. The second-order valence-corrected chi connectivity index (χ2v) is 4.81. The van der Waals surface area contributed by atoms with E-state index in [-0.39, 0.29) is 0 Å². The number of benzene rings is 1. The average Bonchev–Trinajstić information content (AvgIpc) is 2.20. The number of nitrogens with one attached hydrogen (secondary N) is 1. The molecule has 84 valence electrons. The Bertz CT molecular complexity index is 295. The van der Waals surface area contributed by atoms with E-state index in [1.54, 1.807) is 23.9 Å². The lowest BCUT2D eigenvalue weighted by atomic mass is 10.3. The van der Waals surface area contributed by atoms with Gasteiger partial charge >= 0.3 is 0 Å². The van der Waals surface area contributed by atoms with Gasteiger partial charge in [-0.3, -0.25) is 0 Å². The second kappa shape index (κ2) is 6.95. The van der Waals surface area contributed by atoms with Gasteiger partial charge in [0.2, 0.25) is 0 Å². The number of alkyl halides is 2. The Hall–Kier alpha value is -0.420. The molecule has 0 spiro atoms. The Morgan fingerprint density at radius 2 is 2.07 bits per heavy atom. The highest BCUT2D eigenvalue weighted by molar-refractivity contribution is 7.99. The summed E-state index contributed by atoms with van der Waals surface area (Å²) in [6.45, 7) is 0.794. The molecule has 1 aromatic carbocycles. The van der Waals surface area contributed by atoms with Crippen molar-refractivity contribution in [2.75, 3.05) is 23.9 Å². The van der Waals surface area contributed by atoms with E-state index in [9.17, 15) is 8.78 Å². The van der Waals surface area contributed by atoms with Gasteiger partial charge in [-0.15, -0.1) is 0 Å². The van der Waals surface area contributed by atoms with E-state index in [1.807, 2.05) is 18.4 Å². The first-order chi connectivity index (χ1) is 7.24. The molecule has 0 radical (unpaired) electrons. The number of para-hydroxylation sites is 1. The van der Waals surface area contributed by atoms with Crippen LogP contribution in [0.3, 0.4) is 0 Å². The van der Waals surface area contributed by atoms with Crippen molar-refractivity contribution in [3.05, 3.63) is 24.3 Å². The molecule has 0 aliphatic heterocycles. The number of hydrogen-bond donors (Lipinski definition) is 1. The van der Waals surface area contributed by atoms with Gasteiger partial charge in [0, 0.05) is 22.9 Å². The third-order valence-electron chi connectivity index (χ3n) is 1.72. The molecule has 0 amide bonds. The van der Waals surface area contributed by atoms with Crippen molar-refractivity contribution < 1.29 is 8.78 Å². The smallest absolute Gasteiger partial charge is 0.288 e. The van der Waals surface area contributed by atoms with E-state index in [1.165, 1.54) is 0 Å². The molecule has 1 N–H and O–H groups in total. The first-order valence-corrected chi connectivity index (χ1v) is 6.78. The topological polar surface area (TPSA) is 12.0 Å². The SMILES string of the molecule is CSCCNc1ccccc1SC(F)F. The van der Waals surface area contributed by atoms with Crippen molar-refractivity contribution in [3.8, 4) is 0 Å². The third-order valence-corrected chi connectivity index (χ3v) is 3.13. The van der Waals surface area contributed by atoms with Gasteiger partial charge in [0.1, 0.15) is 0 Å². The fourth-order valence-corrected chi connectivity index (χ4v) is 2.02. The van der Waals surface area contributed by atoms with Gasteiger partial charge in [-0.05, 0) is 18.4 Å². The number of hydrogen-bond acceptors (Lipinski definition) is 3. The summed E-state index contributed by atoms with van der Waals surface area (Å²) >= 11 is 2.30. The minimum absolute atomic E-state index is 0.580. The summed E-state index contributed by atoms with van der Waals surface area (Å²) in [4.78, 5) is 0.605. The zero-order valence-electron chi connectivity index (χ0n) is 8.37. The van der Waals surface area contributed by atoms with Crippen LogP contribution in [0.2, 0.25) is 0 Å². The van der Waals surface area contributed by atoms with Gasteiger partial charge in [-0.2, -0.15) is 20.5 Å². The summed E-state index contributed by atoms with van der Waals surface area (Å²) in [5.74, 6) is -1.40. The highest BCUT2D eigenvalue weighted by Crippen LogP contribution is 2.31. The molecule has 0 aromatic heterocycles. The summed E-state index contributed by atoms with van der Waals surface area (Å²) in [5, 5.41) is 3.14. The van der Waals surface area contributed by atoms with Crippen LogP contribution in [0.5, 0.6) is 0 Å². The van der Waals surface area contributed by atoms with Crippen LogP contribution >= 0.6 is 23.5 Å². The third kappa shape index (κ3) is 4.75. The minimum atomic E-state index is -2.37. The zero-order chi connectivity index (χ0) is 11.1. The molecule has 0 saturated heterocycles. The number of rotatable bonds is 6. The average molecular weight is 249 g/mol. The fourth-order valence-electron chi connectivity index (χ4n) is 1.10. The predicted molar refractivity (Wildman–Crippen MR) is 65.2 cm³/mol. The molecule has 1 nitrogen and oxygen atoms in total. The Kier molecular flexibility index (Phi) is 5.86. The highest BCUT2D eigenvalue weighted by Gasteiger charge is 2.08. The molecule has 1 aromatic rings. The van der Waals surface area contributed by atoms with Gasteiger partial charge in [0.05, 0.1) is 0 Å². The van der Waals surface area contributed by atoms with Crippen molar-refractivity contribution >= 4 is 29.2 Å². The molecule has 0 fully saturated rings. The Balaban J connectivity index is 2.60. The van der Waals surface area contributed by atoms with Crippen LogP contribution in [0.15, 0.2) is 29.2 Å². The Labute approximate surface area is 97.0 Å². The zero-order valence-corrected chi connectivity index (χ0v) is 10.0. The highest BCUT2D eigenvalue weighted by atomic mass is 32.2. The van der Waals surface area contributed by atoms with Crippen LogP contribution < -0.4 is 5.32 Å². The second-order valence-electron chi connectivity index (χ2n) is 2.79. The Morgan fingerprint density at radius 3 is 2.73 bits per heavy atom. The first-order valence-electron chi connectivity index (χ1n) is 4.50. The van der Waals surface area contributed by atoms with Crippen LogP contribution in [0.25, 0.3) is 0 Å². The lowest BCUT2D eigenvalue weighted by Crippen LogP contribution is -2.04. The maximum absolute atomic E-state index is 12.2. The number of anilines is 1. The van der Waals surface area contributed by atoms with E-state index < -0.39 is 5.76 Å². The molecular formula is C10H13F2NS2. The van der Waals surface area contributed by atoms with E-state index >= 15 is 0 Å². The molecule has 0 unspecified atom stereocenters. The van der Waals surface area contributed by atoms with Crippen molar-refractivity contribution in [3.63, 3.8) is 0 Å². The van der Waals surface area contributed by atoms with Crippen LogP contribution in [-0.4, -0.2) is 24.3 Å². The predicted octanol–water partition coefficient (Wildman–Crippen LogP) is 3.78.